The first-order valence-corrected chi connectivity index (χ1v) is 5.05. The predicted octanol–water partition coefficient (Wildman–Crippen LogP) is 2.85. The van der Waals surface area contributed by atoms with E-state index in [4.69, 9.17) is 4.84 Å². The number of aromatic nitrogens is 1. The van der Waals surface area contributed by atoms with Crippen LogP contribution >= 0.6 is 0 Å². The molecule has 0 saturated heterocycles. The largest absolute Gasteiger partial charge is 0.396 e. The minimum atomic E-state index is 0.595. The minimum Gasteiger partial charge on any atom is -0.396 e. The third-order valence-electron chi connectivity index (χ3n) is 2.33. The Morgan fingerprint density at radius 1 is 1.40 bits per heavy atom. The Labute approximate surface area is 88.7 Å². The van der Waals surface area contributed by atoms with Gasteiger partial charge in [-0.3, -0.25) is 0 Å². The molecule has 0 unspecified atom stereocenters. The lowest BCUT2D eigenvalue weighted by molar-refractivity contribution is 0.160. The van der Waals surface area contributed by atoms with Gasteiger partial charge in [0.1, 0.15) is 6.61 Å². The first-order chi connectivity index (χ1) is 7.33. The molecule has 1 heterocycles. The van der Waals surface area contributed by atoms with E-state index in [1.54, 1.807) is 6.21 Å². The molecule has 3 heteroatoms. The first-order valence-electron chi connectivity index (χ1n) is 5.05. The molecule has 0 aliphatic rings. The Kier molecular flexibility index (Phi) is 2.72. The molecule has 0 radical (unpaired) electrons. The number of rotatable bonds is 3. The van der Waals surface area contributed by atoms with Crippen LogP contribution in [0.3, 0.4) is 0 Å². The molecule has 0 aliphatic carbocycles. The molecule has 1 aromatic carbocycles. The number of oxime groups is 1. The molecule has 0 bridgehead atoms. The molecular weight excluding hydrogens is 188 g/mol. The number of hydrogen-bond acceptors (Lipinski definition) is 2. The predicted molar refractivity (Wildman–Crippen MR) is 62.3 cm³/mol. The number of hydrogen-bond donors (Lipinski definition) is 1. The van der Waals surface area contributed by atoms with Gasteiger partial charge in [0.2, 0.25) is 0 Å². The third-order valence-corrected chi connectivity index (χ3v) is 2.33. The molecular formula is C12H14N2O. The topological polar surface area (TPSA) is 37.4 Å². The van der Waals surface area contributed by atoms with Crippen LogP contribution in [0.4, 0.5) is 0 Å². The van der Waals surface area contributed by atoms with Gasteiger partial charge in [-0.05, 0) is 19.9 Å². The van der Waals surface area contributed by atoms with E-state index in [9.17, 15) is 0 Å². The van der Waals surface area contributed by atoms with Crippen LogP contribution in [0.25, 0.3) is 10.9 Å². The number of aryl methyl sites for hydroxylation is 1. The first kappa shape index (κ1) is 9.77. The fourth-order valence-corrected chi connectivity index (χ4v) is 1.63. The number of nitrogens with one attached hydrogen (secondary N) is 1. The van der Waals surface area contributed by atoms with Gasteiger partial charge in [-0.25, -0.2) is 0 Å². The van der Waals surface area contributed by atoms with E-state index in [-0.39, 0.29) is 0 Å². The lowest BCUT2D eigenvalue weighted by Gasteiger charge is -1.93. The van der Waals surface area contributed by atoms with E-state index in [1.807, 2.05) is 26.0 Å². The Bertz CT molecular complexity index is 485. The highest BCUT2D eigenvalue weighted by Gasteiger charge is 2.04. The molecule has 0 spiro atoms. The fourth-order valence-electron chi connectivity index (χ4n) is 1.63. The summed E-state index contributed by atoms with van der Waals surface area (Å²) in [5, 5.41) is 5.08. The van der Waals surface area contributed by atoms with Gasteiger partial charge in [-0.2, -0.15) is 0 Å². The average molecular weight is 202 g/mol. The molecule has 1 N–H and O–H groups in total. The summed E-state index contributed by atoms with van der Waals surface area (Å²) < 4.78 is 0. The van der Waals surface area contributed by atoms with Gasteiger partial charge in [-0.15, -0.1) is 0 Å². The van der Waals surface area contributed by atoms with Crippen molar-refractivity contribution in [2.75, 3.05) is 6.61 Å². The molecule has 1 aromatic heterocycles. The van der Waals surface area contributed by atoms with Crippen LogP contribution in [0.15, 0.2) is 29.4 Å². The molecule has 2 rings (SSSR count). The number of H-pyrrole nitrogens is 1. The number of nitrogens with zero attached hydrogens (tertiary/aromatic N) is 1. The second-order valence-electron chi connectivity index (χ2n) is 3.36. The maximum atomic E-state index is 4.97. The van der Waals surface area contributed by atoms with E-state index < -0.39 is 0 Å². The molecule has 3 nitrogen and oxygen atoms in total. The van der Waals surface area contributed by atoms with E-state index in [0.717, 1.165) is 16.8 Å². The van der Waals surface area contributed by atoms with Crippen molar-refractivity contribution in [1.29, 1.82) is 0 Å². The second-order valence-corrected chi connectivity index (χ2v) is 3.36. The maximum Gasteiger partial charge on any atom is 0.114 e. The van der Waals surface area contributed by atoms with Gasteiger partial charge in [0.25, 0.3) is 0 Å². The van der Waals surface area contributed by atoms with Crippen LogP contribution in [-0.4, -0.2) is 17.8 Å². The van der Waals surface area contributed by atoms with Gasteiger partial charge in [0, 0.05) is 22.2 Å². The SMILES string of the molecule is CCON=Cc1c(C)[nH]c2ccccc12. The van der Waals surface area contributed by atoms with Crippen molar-refractivity contribution in [3.8, 4) is 0 Å². The van der Waals surface area contributed by atoms with Gasteiger partial charge >= 0.3 is 0 Å². The Hall–Kier alpha value is -1.77. The van der Waals surface area contributed by atoms with Gasteiger partial charge in [0.05, 0.1) is 6.21 Å². The van der Waals surface area contributed by atoms with Crippen molar-refractivity contribution in [2.24, 2.45) is 5.16 Å². The highest BCUT2D eigenvalue weighted by Crippen LogP contribution is 2.19. The Morgan fingerprint density at radius 2 is 2.20 bits per heavy atom. The quantitative estimate of drug-likeness (QED) is 0.603. The number of benzene rings is 1. The van der Waals surface area contributed by atoms with Crippen molar-refractivity contribution < 1.29 is 4.84 Å². The molecule has 0 aliphatic heterocycles. The summed E-state index contributed by atoms with van der Waals surface area (Å²) in [4.78, 5) is 8.27. The lowest BCUT2D eigenvalue weighted by atomic mass is 10.1. The molecule has 0 amide bonds. The monoisotopic (exact) mass is 202 g/mol. The number of aromatic amines is 1. The molecule has 0 atom stereocenters. The summed E-state index contributed by atoms with van der Waals surface area (Å²) >= 11 is 0. The highest BCUT2D eigenvalue weighted by atomic mass is 16.6. The second kappa shape index (κ2) is 4.17. The summed E-state index contributed by atoms with van der Waals surface area (Å²) in [6, 6.07) is 8.17. The summed E-state index contributed by atoms with van der Waals surface area (Å²) in [6.07, 6.45) is 1.76. The summed E-state index contributed by atoms with van der Waals surface area (Å²) in [5.74, 6) is 0. The molecule has 0 saturated carbocycles. The van der Waals surface area contributed by atoms with Crippen LogP contribution < -0.4 is 0 Å². The van der Waals surface area contributed by atoms with Crippen LogP contribution in [0, 0.1) is 6.92 Å². The van der Waals surface area contributed by atoms with Gasteiger partial charge in [0.15, 0.2) is 0 Å². The highest BCUT2D eigenvalue weighted by molar-refractivity contribution is 6.00. The smallest absolute Gasteiger partial charge is 0.114 e. The van der Waals surface area contributed by atoms with E-state index in [2.05, 4.69) is 22.3 Å². The van der Waals surface area contributed by atoms with Crippen molar-refractivity contribution in [3.05, 3.63) is 35.5 Å². The van der Waals surface area contributed by atoms with Crippen LogP contribution in [0.1, 0.15) is 18.2 Å². The Balaban J connectivity index is 2.45. The lowest BCUT2D eigenvalue weighted by Crippen LogP contribution is -1.85. The summed E-state index contributed by atoms with van der Waals surface area (Å²) in [6.45, 7) is 4.55. The molecule has 0 fully saturated rings. The molecule has 78 valence electrons. The zero-order valence-electron chi connectivity index (χ0n) is 8.95. The van der Waals surface area contributed by atoms with Crippen LogP contribution in [0.5, 0.6) is 0 Å². The van der Waals surface area contributed by atoms with E-state index >= 15 is 0 Å². The summed E-state index contributed by atoms with van der Waals surface area (Å²) in [5.41, 5.74) is 3.34. The van der Waals surface area contributed by atoms with Crippen LogP contribution in [0.2, 0.25) is 0 Å². The van der Waals surface area contributed by atoms with Crippen molar-refractivity contribution in [3.63, 3.8) is 0 Å². The van der Waals surface area contributed by atoms with E-state index in [0.29, 0.717) is 6.61 Å². The maximum absolute atomic E-state index is 4.97. The molecule has 2 aromatic rings. The fraction of sp³-hybridized carbons (Fsp3) is 0.250. The average Bonchev–Trinajstić information content (AvgIpc) is 2.56. The normalized spacial score (nSPS) is 11.3. The van der Waals surface area contributed by atoms with E-state index in [1.165, 1.54) is 5.39 Å². The third kappa shape index (κ3) is 1.86. The van der Waals surface area contributed by atoms with Crippen molar-refractivity contribution >= 4 is 17.1 Å². The molecule has 15 heavy (non-hydrogen) atoms. The summed E-state index contributed by atoms with van der Waals surface area (Å²) in [7, 11) is 0. The zero-order chi connectivity index (χ0) is 10.7. The zero-order valence-corrected chi connectivity index (χ0v) is 8.95. The number of para-hydroxylation sites is 1. The minimum absolute atomic E-state index is 0.595. The van der Waals surface area contributed by atoms with Crippen molar-refractivity contribution in [1.82, 2.24) is 4.98 Å². The Morgan fingerprint density at radius 3 is 3.00 bits per heavy atom. The van der Waals surface area contributed by atoms with Gasteiger partial charge in [-0.1, -0.05) is 23.4 Å². The van der Waals surface area contributed by atoms with Crippen molar-refractivity contribution in [2.45, 2.75) is 13.8 Å². The van der Waals surface area contributed by atoms with Gasteiger partial charge < -0.3 is 9.82 Å². The van der Waals surface area contributed by atoms with Crippen LogP contribution in [-0.2, 0) is 4.84 Å². The standard InChI is InChI=1S/C12H14N2O/c1-3-15-13-8-11-9(2)14-12-7-5-4-6-10(11)12/h4-8,14H,3H2,1-2H3. The number of fused-ring (bicyclic) bond motifs is 1.